The molecule has 0 bridgehead atoms. The van der Waals surface area contributed by atoms with Crippen LogP contribution in [0.4, 0.5) is 10.1 Å². The lowest BCUT2D eigenvalue weighted by Crippen LogP contribution is -2.46. The van der Waals surface area contributed by atoms with Crippen LogP contribution in [0.3, 0.4) is 0 Å². The van der Waals surface area contributed by atoms with E-state index in [-0.39, 0.29) is 5.82 Å². The van der Waals surface area contributed by atoms with Crippen LogP contribution < -0.4 is 10.2 Å². The Morgan fingerprint density at radius 2 is 1.24 bits per heavy atom. The van der Waals surface area contributed by atoms with Crippen molar-refractivity contribution >= 4 is 5.69 Å². The van der Waals surface area contributed by atoms with Gasteiger partial charge in [0.15, 0.2) is 0 Å². The molecule has 29 heavy (non-hydrogen) atoms. The lowest BCUT2D eigenvalue weighted by atomic mass is 10.1. The number of anilines is 1. The average molecular weight is 390 g/mol. The zero-order valence-electron chi connectivity index (χ0n) is 16.7. The zero-order valence-corrected chi connectivity index (χ0v) is 16.7. The minimum atomic E-state index is -0.149. The Hall–Kier alpha value is -2.69. The minimum Gasteiger partial charge on any atom is -0.369 e. The third-order valence-electron chi connectivity index (χ3n) is 5.59. The van der Waals surface area contributed by atoms with Gasteiger partial charge >= 0.3 is 0 Å². The number of benzene rings is 3. The number of nitrogens with zero attached hydrogens (tertiary/aromatic N) is 2. The van der Waals surface area contributed by atoms with Gasteiger partial charge in [0.1, 0.15) is 5.82 Å². The van der Waals surface area contributed by atoms with E-state index < -0.39 is 0 Å². The molecule has 0 radical (unpaired) electrons. The first-order valence-corrected chi connectivity index (χ1v) is 10.3. The van der Waals surface area contributed by atoms with Crippen molar-refractivity contribution < 1.29 is 4.39 Å². The topological polar surface area (TPSA) is 18.5 Å². The molecule has 4 heteroatoms. The fraction of sp³-hybridized carbons (Fsp3) is 0.280. The molecule has 4 rings (SSSR count). The summed E-state index contributed by atoms with van der Waals surface area (Å²) in [7, 11) is 0. The number of para-hydroxylation sites is 1. The molecule has 1 N–H and O–H groups in total. The van der Waals surface area contributed by atoms with Crippen LogP contribution in [0.2, 0.25) is 0 Å². The number of hydrogen-bond acceptors (Lipinski definition) is 3. The van der Waals surface area contributed by atoms with E-state index in [0.29, 0.717) is 12.1 Å². The molecule has 0 unspecified atom stereocenters. The molecule has 1 saturated heterocycles. The third-order valence-corrected chi connectivity index (χ3v) is 5.59. The molecule has 3 nitrogen and oxygen atoms in total. The highest BCUT2D eigenvalue weighted by atomic mass is 19.1. The second-order valence-electron chi connectivity index (χ2n) is 7.56. The van der Waals surface area contributed by atoms with E-state index in [1.54, 1.807) is 6.07 Å². The van der Waals surface area contributed by atoms with Crippen LogP contribution in [-0.2, 0) is 19.6 Å². The number of halogens is 1. The van der Waals surface area contributed by atoms with Crippen LogP contribution in [0, 0.1) is 5.82 Å². The van der Waals surface area contributed by atoms with Crippen molar-refractivity contribution in [2.45, 2.75) is 19.6 Å². The molecule has 1 heterocycles. The largest absolute Gasteiger partial charge is 0.369 e. The lowest BCUT2D eigenvalue weighted by Gasteiger charge is -2.36. The molecule has 3 aromatic carbocycles. The average Bonchev–Trinajstić information content (AvgIpc) is 2.77. The highest BCUT2D eigenvalue weighted by Crippen LogP contribution is 2.18. The Kier molecular flexibility index (Phi) is 6.55. The van der Waals surface area contributed by atoms with Gasteiger partial charge in [-0.3, -0.25) is 4.90 Å². The first kappa shape index (κ1) is 19.6. The van der Waals surface area contributed by atoms with Gasteiger partial charge in [0.2, 0.25) is 0 Å². The van der Waals surface area contributed by atoms with Crippen molar-refractivity contribution in [2.75, 3.05) is 31.1 Å². The summed E-state index contributed by atoms with van der Waals surface area (Å²) in [6, 6.07) is 26.2. The van der Waals surface area contributed by atoms with Crippen LogP contribution in [0.25, 0.3) is 0 Å². The third kappa shape index (κ3) is 5.22. The van der Waals surface area contributed by atoms with E-state index in [0.717, 1.165) is 39.3 Å². The maximum absolute atomic E-state index is 13.8. The van der Waals surface area contributed by atoms with E-state index >= 15 is 0 Å². The van der Waals surface area contributed by atoms with Crippen molar-refractivity contribution in [1.29, 1.82) is 0 Å². The Labute approximate surface area is 172 Å². The maximum atomic E-state index is 13.8. The van der Waals surface area contributed by atoms with Crippen LogP contribution in [0.1, 0.15) is 16.7 Å². The number of piperazine rings is 1. The molecule has 0 spiro atoms. The fourth-order valence-electron chi connectivity index (χ4n) is 3.90. The Morgan fingerprint density at radius 3 is 1.97 bits per heavy atom. The summed E-state index contributed by atoms with van der Waals surface area (Å²) in [6.45, 7) is 6.47. The Balaban J connectivity index is 1.31. The minimum absolute atomic E-state index is 0.149. The van der Waals surface area contributed by atoms with E-state index in [4.69, 9.17) is 0 Å². The quantitative estimate of drug-likeness (QED) is 0.645. The lowest BCUT2D eigenvalue weighted by molar-refractivity contribution is 0.249. The van der Waals surface area contributed by atoms with Crippen molar-refractivity contribution in [3.63, 3.8) is 0 Å². The van der Waals surface area contributed by atoms with Gasteiger partial charge in [0.25, 0.3) is 0 Å². The summed E-state index contributed by atoms with van der Waals surface area (Å²) >= 11 is 0. The monoisotopic (exact) mass is 389 g/mol. The summed E-state index contributed by atoms with van der Waals surface area (Å²) < 4.78 is 13.8. The normalized spacial score (nSPS) is 14.9. The molecule has 0 saturated carbocycles. The molecule has 0 aromatic heterocycles. The smallest absolute Gasteiger partial charge is 0.127 e. The van der Waals surface area contributed by atoms with Gasteiger partial charge in [-0.2, -0.15) is 0 Å². The molecule has 1 fully saturated rings. The van der Waals surface area contributed by atoms with Gasteiger partial charge in [-0.25, -0.2) is 4.39 Å². The van der Waals surface area contributed by atoms with Crippen molar-refractivity contribution in [3.05, 3.63) is 101 Å². The first-order chi connectivity index (χ1) is 14.3. The molecular weight excluding hydrogens is 361 g/mol. The maximum Gasteiger partial charge on any atom is 0.127 e. The molecule has 150 valence electrons. The number of rotatable bonds is 7. The molecule has 3 aromatic rings. The summed E-state index contributed by atoms with van der Waals surface area (Å²) in [5, 5.41) is 3.40. The van der Waals surface area contributed by atoms with Crippen molar-refractivity contribution in [3.8, 4) is 0 Å². The van der Waals surface area contributed by atoms with Crippen molar-refractivity contribution in [2.24, 2.45) is 0 Å². The Bertz CT molecular complexity index is 905. The first-order valence-electron chi connectivity index (χ1n) is 10.3. The highest BCUT2D eigenvalue weighted by Gasteiger charge is 2.18. The zero-order chi connectivity index (χ0) is 19.9. The molecule has 1 aliphatic rings. The molecule has 1 aliphatic heterocycles. The summed E-state index contributed by atoms with van der Waals surface area (Å²) in [5.74, 6) is -0.149. The molecular formula is C25H28FN3. The van der Waals surface area contributed by atoms with E-state index in [1.807, 2.05) is 12.1 Å². The summed E-state index contributed by atoms with van der Waals surface area (Å²) in [6.07, 6.45) is 0. The number of nitrogens with one attached hydrogen (secondary N) is 1. The van der Waals surface area contributed by atoms with Gasteiger partial charge in [-0.05, 0) is 29.3 Å². The predicted molar refractivity (Wildman–Crippen MR) is 117 cm³/mol. The van der Waals surface area contributed by atoms with Crippen LogP contribution in [0.15, 0.2) is 78.9 Å². The van der Waals surface area contributed by atoms with Gasteiger partial charge in [-0.15, -0.1) is 0 Å². The van der Waals surface area contributed by atoms with Gasteiger partial charge in [-0.1, -0.05) is 60.7 Å². The summed E-state index contributed by atoms with van der Waals surface area (Å²) in [4.78, 5) is 4.98. The standard InChI is InChI=1S/C25H28FN3/c26-25-13-7-6-9-22(25)19-27-18-21-8-4-5-10-23(21)20-28-14-16-29(17-15-28)24-11-2-1-3-12-24/h1-13,27H,14-20H2. The molecule has 0 aliphatic carbocycles. The van der Waals surface area contributed by atoms with Gasteiger partial charge in [0.05, 0.1) is 0 Å². The van der Waals surface area contributed by atoms with Crippen LogP contribution >= 0.6 is 0 Å². The predicted octanol–water partition coefficient (Wildman–Crippen LogP) is 4.44. The second kappa shape index (κ2) is 9.68. The highest BCUT2D eigenvalue weighted by molar-refractivity contribution is 5.46. The van der Waals surface area contributed by atoms with Gasteiger partial charge in [0, 0.05) is 57.1 Å². The van der Waals surface area contributed by atoms with Crippen LogP contribution in [0.5, 0.6) is 0 Å². The second-order valence-corrected chi connectivity index (χ2v) is 7.56. The molecule has 0 amide bonds. The fourth-order valence-corrected chi connectivity index (χ4v) is 3.90. The summed E-state index contributed by atoms with van der Waals surface area (Å²) in [5.41, 5.74) is 4.66. The van der Waals surface area contributed by atoms with Crippen molar-refractivity contribution in [1.82, 2.24) is 10.2 Å². The number of hydrogen-bond donors (Lipinski definition) is 1. The van der Waals surface area contributed by atoms with Gasteiger partial charge < -0.3 is 10.2 Å². The van der Waals surface area contributed by atoms with E-state index in [9.17, 15) is 4.39 Å². The Morgan fingerprint density at radius 1 is 0.655 bits per heavy atom. The van der Waals surface area contributed by atoms with E-state index in [2.05, 4.69) is 69.7 Å². The van der Waals surface area contributed by atoms with E-state index in [1.165, 1.54) is 22.9 Å². The SMILES string of the molecule is Fc1ccccc1CNCc1ccccc1CN1CCN(c2ccccc2)CC1. The van der Waals surface area contributed by atoms with Crippen LogP contribution in [-0.4, -0.2) is 31.1 Å². The molecule has 0 atom stereocenters.